The smallest absolute Gasteiger partial charge is 0.303 e. The van der Waals surface area contributed by atoms with Crippen LogP contribution >= 0.6 is 0 Å². The van der Waals surface area contributed by atoms with E-state index in [4.69, 9.17) is 5.11 Å². The second-order valence-electron chi connectivity index (χ2n) is 4.94. The van der Waals surface area contributed by atoms with Gasteiger partial charge in [0, 0.05) is 0 Å². The second kappa shape index (κ2) is 5.70. The maximum atomic E-state index is 10.7. The van der Waals surface area contributed by atoms with Crippen LogP contribution in [0.4, 0.5) is 0 Å². The Labute approximate surface area is 113 Å². The molecule has 2 aromatic carbocycles. The molecule has 2 heteroatoms. The number of aliphatic carboxylic acids is 1. The van der Waals surface area contributed by atoms with E-state index in [0.717, 1.165) is 5.56 Å². The van der Waals surface area contributed by atoms with Crippen molar-refractivity contribution in [2.24, 2.45) is 0 Å². The summed E-state index contributed by atoms with van der Waals surface area (Å²) in [6.45, 7) is 4.03. The van der Waals surface area contributed by atoms with E-state index in [9.17, 15) is 4.79 Å². The summed E-state index contributed by atoms with van der Waals surface area (Å²) >= 11 is 0. The standard InChI is InChI=1S/C17H18O2/c1-12-5-3-4-6-16(12)15-9-7-14(8-10-15)13(2)11-17(18)19/h3-10,13H,11H2,1-2H3,(H,18,19). The summed E-state index contributed by atoms with van der Waals surface area (Å²) in [7, 11) is 0. The van der Waals surface area contributed by atoms with Gasteiger partial charge in [0.2, 0.25) is 0 Å². The molecule has 0 bridgehead atoms. The van der Waals surface area contributed by atoms with E-state index in [0.29, 0.717) is 0 Å². The molecule has 2 rings (SSSR count). The Hall–Kier alpha value is -2.09. The Morgan fingerprint density at radius 1 is 1.11 bits per heavy atom. The third kappa shape index (κ3) is 3.22. The lowest BCUT2D eigenvalue weighted by atomic mass is 9.94. The summed E-state index contributed by atoms with van der Waals surface area (Å²) in [5.74, 6) is -0.709. The molecule has 0 heterocycles. The minimum absolute atomic E-state index is 0.0448. The number of benzene rings is 2. The molecule has 0 amide bonds. The lowest BCUT2D eigenvalue weighted by Crippen LogP contribution is -2.02. The Kier molecular flexibility index (Phi) is 4.00. The van der Waals surface area contributed by atoms with Crippen LogP contribution in [0.2, 0.25) is 0 Å². The molecule has 19 heavy (non-hydrogen) atoms. The van der Waals surface area contributed by atoms with Crippen LogP contribution in [0.15, 0.2) is 48.5 Å². The molecule has 0 spiro atoms. The Bertz CT molecular complexity index is 570. The Balaban J connectivity index is 2.24. The Morgan fingerprint density at radius 3 is 2.32 bits per heavy atom. The van der Waals surface area contributed by atoms with Gasteiger partial charge in [0.05, 0.1) is 6.42 Å². The van der Waals surface area contributed by atoms with E-state index in [1.807, 2.05) is 31.2 Å². The molecule has 0 radical (unpaired) electrons. The topological polar surface area (TPSA) is 37.3 Å². The van der Waals surface area contributed by atoms with E-state index in [-0.39, 0.29) is 12.3 Å². The zero-order valence-electron chi connectivity index (χ0n) is 11.3. The minimum Gasteiger partial charge on any atom is -0.481 e. The normalized spacial score (nSPS) is 12.1. The number of aryl methyl sites for hydroxylation is 1. The fourth-order valence-electron chi connectivity index (χ4n) is 2.27. The number of carboxylic acid groups (broad SMARTS) is 1. The molecule has 0 aliphatic carbocycles. The van der Waals surface area contributed by atoms with Crippen LogP contribution in [0.3, 0.4) is 0 Å². The summed E-state index contributed by atoms with van der Waals surface area (Å²) in [6.07, 6.45) is 0.170. The quantitative estimate of drug-likeness (QED) is 0.886. The highest BCUT2D eigenvalue weighted by atomic mass is 16.4. The average molecular weight is 254 g/mol. The predicted molar refractivity (Wildman–Crippen MR) is 77.3 cm³/mol. The molecule has 0 saturated heterocycles. The van der Waals surface area contributed by atoms with Crippen molar-refractivity contribution in [1.29, 1.82) is 0 Å². The highest BCUT2D eigenvalue weighted by molar-refractivity contribution is 5.69. The first-order valence-corrected chi connectivity index (χ1v) is 6.45. The second-order valence-corrected chi connectivity index (χ2v) is 4.94. The van der Waals surface area contributed by atoms with Crippen molar-refractivity contribution in [2.45, 2.75) is 26.2 Å². The van der Waals surface area contributed by atoms with Crippen molar-refractivity contribution in [2.75, 3.05) is 0 Å². The lowest BCUT2D eigenvalue weighted by molar-refractivity contribution is -0.137. The van der Waals surface area contributed by atoms with Crippen LogP contribution in [-0.2, 0) is 4.79 Å². The van der Waals surface area contributed by atoms with Crippen molar-refractivity contribution >= 4 is 5.97 Å². The number of carbonyl (C=O) groups is 1. The summed E-state index contributed by atoms with van der Waals surface area (Å²) in [4.78, 5) is 10.7. The van der Waals surface area contributed by atoms with Crippen LogP contribution in [-0.4, -0.2) is 11.1 Å². The molecule has 0 saturated carbocycles. The molecule has 0 fully saturated rings. The maximum absolute atomic E-state index is 10.7. The third-order valence-electron chi connectivity index (χ3n) is 3.42. The van der Waals surface area contributed by atoms with Gasteiger partial charge in [-0.25, -0.2) is 0 Å². The zero-order chi connectivity index (χ0) is 13.8. The lowest BCUT2D eigenvalue weighted by Gasteiger charge is -2.11. The molecule has 1 atom stereocenters. The first kappa shape index (κ1) is 13.3. The predicted octanol–water partition coefficient (Wildman–Crippen LogP) is 4.24. The van der Waals surface area contributed by atoms with Gasteiger partial charge in [0.15, 0.2) is 0 Å². The molecule has 0 aliphatic heterocycles. The highest BCUT2D eigenvalue weighted by Crippen LogP contribution is 2.26. The van der Waals surface area contributed by atoms with Gasteiger partial charge in [-0.05, 0) is 35.1 Å². The first-order chi connectivity index (χ1) is 9.08. The van der Waals surface area contributed by atoms with Gasteiger partial charge in [-0.15, -0.1) is 0 Å². The first-order valence-electron chi connectivity index (χ1n) is 6.45. The molecule has 1 unspecified atom stereocenters. The van der Waals surface area contributed by atoms with Gasteiger partial charge in [-0.3, -0.25) is 4.79 Å². The summed E-state index contributed by atoms with van der Waals surface area (Å²) in [6, 6.07) is 16.4. The number of carboxylic acids is 1. The minimum atomic E-state index is -0.754. The van der Waals surface area contributed by atoms with E-state index in [1.165, 1.54) is 16.7 Å². The van der Waals surface area contributed by atoms with Crippen molar-refractivity contribution in [3.8, 4) is 11.1 Å². The molecule has 2 nitrogen and oxygen atoms in total. The van der Waals surface area contributed by atoms with Crippen molar-refractivity contribution in [1.82, 2.24) is 0 Å². The third-order valence-corrected chi connectivity index (χ3v) is 3.42. The van der Waals surface area contributed by atoms with Crippen molar-refractivity contribution in [3.05, 3.63) is 59.7 Å². The molecule has 0 aliphatic rings. The van der Waals surface area contributed by atoms with Crippen molar-refractivity contribution in [3.63, 3.8) is 0 Å². The SMILES string of the molecule is Cc1ccccc1-c1ccc(C(C)CC(=O)O)cc1. The number of hydrogen-bond acceptors (Lipinski definition) is 1. The van der Waals surface area contributed by atoms with Gasteiger partial charge < -0.3 is 5.11 Å². The van der Waals surface area contributed by atoms with Gasteiger partial charge in [0.1, 0.15) is 0 Å². The zero-order valence-corrected chi connectivity index (χ0v) is 11.3. The van der Waals surface area contributed by atoms with Crippen LogP contribution < -0.4 is 0 Å². The van der Waals surface area contributed by atoms with Gasteiger partial charge in [0.25, 0.3) is 0 Å². The fraction of sp³-hybridized carbons (Fsp3) is 0.235. The summed E-state index contributed by atoms with van der Waals surface area (Å²) in [5.41, 5.74) is 4.71. The molecular weight excluding hydrogens is 236 g/mol. The summed E-state index contributed by atoms with van der Waals surface area (Å²) < 4.78 is 0. The van der Waals surface area contributed by atoms with E-state index < -0.39 is 5.97 Å². The molecule has 1 N–H and O–H groups in total. The summed E-state index contributed by atoms with van der Waals surface area (Å²) in [5, 5.41) is 8.81. The molecular formula is C17H18O2. The van der Waals surface area contributed by atoms with Crippen LogP contribution in [0.1, 0.15) is 30.4 Å². The maximum Gasteiger partial charge on any atom is 0.303 e. The number of hydrogen-bond donors (Lipinski definition) is 1. The molecule has 98 valence electrons. The molecule has 2 aromatic rings. The monoisotopic (exact) mass is 254 g/mol. The van der Waals surface area contributed by atoms with Crippen LogP contribution in [0.25, 0.3) is 11.1 Å². The number of rotatable bonds is 4. The average Bonchev–Trinajstić information content (AvgIpc) is 2.39. The van der Waals surface area contributed by atoms with Gasteiger partial charge in [-0.1, -0.05) is 55.5 Å². The molecule has 0 aromatic heterocycles. The van der Waals surface area contributed by atoms with Gasteiger partial charge in [-0.2, -0.15) is 0 Å². The fourth-order valence-corrected chi connectivity index (χ4v) is 2.27. The highest BCUT2D eigenvalue weighted by Gasteiger charge is 2.10. The van der Waals surface area contributed by atoms with E-state index in [2.05, 4.69) is 31.2 Å². The van der Waals surface area contributed by atoms with Crippen molar-refractivity contribution < 1.29 is 9.90 Å². The van der Waals surface area contributed by atoms with E-state index >= 15 is 0 Å². The largest absolute Gasteiger partial charge is 0.481 e. The Morgan fingerprint density at radius 2 is 1.74 bits per heavy atom. The van der Waals surface area contributed by atoms with Crippen LogP contribution in [0.5, 0.6) is 0 Å². The van der Waals surface area contributed by atoms with Crippen LogP contribution in [0, 0.1) is 6.92 Å². The van der Waals surface area contributed by atoms with E-state index in [1.54, 1.807) is 0 Å². The van der Waals surface area contributed by atoms with Gasteiger partial charge >= 0.3 is 5.97 Å².